The third-order valence-corrected chi connectivity index (χ3v) is 2.98. The molecule has 7 nitrogen and oxygen atoms in total. The van der Waals surface area contributed by atoms with Crippen LogP contribution in [0.4, 0.5) is 0 Å². The van der Waals surface area contributed by atoms with Gasteiger partial charge in [-0.3, -0.25) is 9.59 Å². The maximum absolute atomic E-state index is 11.7. The lowest BCUT2D eigenvalue weighted by atomic mass is 9.77. The number of nitrogens with one attached hydrogen (secondary N) is 1. The lowest BCUT2D eigenvalue weighted by Crippen LogP contribution is -2.61. The summed E-state index contributed by atoms with van der Waals surface area (Å²) in [4.78, 5) is 33.1. The molecule has 0 spiro atoms. The van der Waals surface area contributed by atoms with Crippen molar-refractivity contribution < 1.29 is 19.5 Å². The van der Waals surface area contributed by atoms with Crippen LogP contribution in [0.3, 0.4) is 0 Å². The molecule has 0 aromatic rings. The Kier molecular flexibility index (Phi) is 4.06. The van der Waals surface area contributed by atoms with Gasteiger partial charge in [0.25, 0.3) is 0 Å². The molecule has 0 aromatic heterocycles. The first-order valence-corrected chi connectivity index (χ1v) is 5.46. The maximum atomic E-state index is 11.7. The number of hydrogen-bond acceptors (Lipinski definition) is 4. The third-order valence-electron chi connectivity index (χ3n) is 2.98. The highest BCUT2D eigenvalue weighted by Crippen LogP contribution is 2.29. The minimum Gasteiger partial charge on any atom is -0.480 e. The van der Waals surface area contributed by atoms with Crippen molar-refractivity contribution in [3.8, 4) is 0 Å². The molecule has 1 rings (SSSR count). The zero-order chi connectivity index (χ0) is 13.1. The van der Waals surface area contributed by atoms with E-state index in [0.29, 0.717) is 12.8 Å². The van der Waals surface area contributed by atoms with E-state index in [-0.39, 0.29) is 12.8 Å². The zero-order valence-electron chi connectivity index (χ0n) is 9.44. The van der Waals surface area contributed by atoms with E-state index in [9.17, 15) is 14.4 Å². The SMILES string of the molecule is NC(=O)CC[C@@H](NC(=O)C1(N)CCC1)C(=O)O. The Labute approximate surface area is 98.5 Å². The summed E-state index contributed by atoms with van der Waals surface area (Å²) in [7, 11) is 0. The van der Waals surface area contributed by atoms with Crippen molar-refractivity contribution in [1.29, 1.82) is 0 Å². The van der Waals surface area contributed by atoms with Gasteiger partial charge >= 0.3 is 5.97 Å². The fraction of sp³-hybridized carbons (Fsp3) is 0.700. The number of rotatable bonds is 6. The van der Waals surface area contributed by atoms with E-state index in [2.05, 4.69) is 5.32 Å². The fourth-order valence-electron chi connectivity index (χ4n) is 1.63. The van der Waals surface area contributed by atoms with Gasteiger partial charge in [-0.2, -0.15) is 0 Å². The van der Waals surface area contributed by atoms with Gasteiger partial charge in [0.05, 0.1) is 5.54 Å². The van der Waals surface area contributed by atoms with E-state index in [1.54, 1.807) is 0 Å². The van der Waals surface area contributed by atoms with Gasteiger partial charge in [0.15, 0.2) is 0 Å². The zero-order valence-corrected chi connectivity index (χ0v) is 9.44. The number of hydrogen-bond donors (Lipinski definition) is 4. The summed E-state index contributed by atoms with van der Waals surface area (Å²) in [5, 5.41) is 11.2. The number of primary amides is 1. The van der Waals surface area contributed by atoms with Crippen LogP contribution < -0.4 is 16.8 Å². The van der Waals surface area contributed by atoms with Gasteiger partial charge in [-0.1, -0.05) is 0 Å². The van der Waals surface area contributed by atoms with Gasteiger partial charge in [0, 0.05) is 6.42 Å². The van der Waals surface area contributed by atoms with Crippen molar-refractivity contribution in [2.75, 3.05) is 0 Å². The largest absolute Gasteiger partial charge is 0.480 e. The third kappa shape index (κ3) is 3.42. The topological polar surface area (TPSA) is 136 Å². The normalized spacial score (nSPS) is 18.9. The molecule has 0 saturated heterocycles. The van der Waals surface area contributed by atoms with Crippen LogP contribution in [0.15, 0.2) is 0 Å². The summed E-state index contributed by atoms with van der Waals surface area (Å²) >= 11 is 0. The summed E-state index contributed by atoms with van der Waals surface area (Å²) in [5.41, 5.74) is 9.74. The Morgan fingerprint density at radius 1 is 1.35 bits per heavy atom. The second-order valence-electron chi connectivity index (χ2n) is 4.38. The lowest BCUT2D eigenvalue weighted by Gasteiger charge is -2.37. The van der Waals surface area contributed by atoms with Crippen molar-refractivity contribution in [1.82, 2.24) is 5.32 Å². The fourth-order valence-corrected chi connectivity index (χ4v) is 1.63. The number of carbonyl (C=O) groups excluding carboxylic acids is 2. The Bertz CT molecular complexity index is 338. The van der Waals surface area contributed by atoms with E-state index < -0.39 is 29.4 Å². The molecule has 1 aliphatic rings. The van der Waals surface area contributed by atoms with Crippen molar-refractivity contribution in [2.24, 2.45) is 11.5 Å². The Morgan fingerprint density at radius 2 is 1.94 bits per heavy atom. The number of carbonyl (C=O) groups is 3. The minimum atomic E-state index is -1.19. The molecule has 0 aliphatic heterocycles. The van der Waals surface area contributed by atoms with Crippen LogP contribution in [-0.2, 0) is 14.4 Å². The molecule has 0 unspecified atom stereocenters. The second-order valence-corrected chi connectivity index (χ2v) is 4.38. The predicted octanol–water partition coefficient (Wildman–Crippen LogP) is -1.30. The van der Waals surface area contributed by atoms with Gasteiger partial charge in [-0.25, -0.2) is 4.79 Å². The monoisotopic (exact) mass is 243 g/mol. The van der Waals surface area contributed by atoms with Gasteiger partial charge in [0.2, 0.25) is 11.8 Å². The lowest BCUT2D eigenvalue weighted by molar-refractivity contribution is -0.143. The summed E-state index contributed by atoms with van der Waals surface area (Å²) in [6, 6.07) is -1.11. The molecule has 0 radical (unpaired) electrons. The molecule has 17 heavy (non-hydrogen) atoms. The molecule has 1 aliphatic carbocycles. The molecular formula is C10H17N3O4. The second kappa shape index (κ2) is 5.13. The molecule has 96 valence electrons. The minimum absolute atomic E-state index is 0.0213. The first-order valence-electron chi connectivity index (χ1n) is 5.46. The molecular weight excluding hydrogens is 226 g/mol. The first kappa shape index (κ1) is 13.4. The van der Waals surface area contributed by atoms with Crippen LogP contribution in [-0.4, -0.2) is 34.5 Å². The molecule has 0 aromatic carbocycles. The smallest absolute Gasteiger partial charge is 0.326 e. The van der Waals surface area contributed by atoms with Gasteiger partial charge in [-0.05, 0) is 25.7 Å². The number of aliphatic carboxylic acids is 1. The summed E-state index contributed by atoms with van der Waals surface area (Å²) in [6.07, 6.45) is 1.87. The van der Waals surface area contributed by atoms with E-state index in [1.165, 1.54) is 0 Å². The number of amides is 2. The maximum Gasteiger partial charge on any atom is 0.326 e. The standard InChI is InChI=1S/C10H17N3O4/c11-7(14)3-2-6(8(15)16)13-9(17)10(12)4-1-5-10/h6H,1-5,12H2,(H2,11,14)(H,13,17)(H,15,16)/t6-/m1/s1. The molecule has 1 fully saturated rings. The number of carboxylic acids is 1. The van der Waals surface area contributed by atoms with Crippen LogP contribution in [0.1, 0.15) is 32.1 Å². The Morgan fingerprint density at radius 3 is 2.29 bits per heavy atom. The van der Waals surface area contributed by atoms with Crippen LogP contribution in [0, 0.1) is 0 Å². The van der Waals surface area contributed by atoms with Crippen molar-refractivity contribution in [3.05, 3.63) is 0 Å². The Balaban J connectivity index is 2.51. The van der Waals surface area contributed by atoms with Gasteiger partial charge < -0.3 is 21.9 Å². The van der Waals surface area contributed by atoms with Crippen LogP contribution >= 0.6 is 0 Å². The van der Waals surface area contributed by atoms with E-state index in [1.807, 2.05) is 0 Å². The van der Waals surface area contributed by atoms with E-state index in [4.69, 9.17) is 16.6 Å². The molecule has 1 saturated carbocycles. The van der Waals surface area contributed by atoms with E-state index in [0.717, 1.165) is 6.42 Å². The number of nitrogens with two attached hydrogens (primary N) is 2. The molecule has 7 heteroatoms. The summed E-state index contributed by atoms with van der Waals surface area (Å²) in [6.45, 7) is 0. The Hall–Kier alpha value is -1.63. The van der Waals surface area contributed by atoms with Gasteiger partial charge in [-0.15, -0.1) is 0 Å². The average Bonchev–Trinajstić information content (AvgIpc) is 2.19. The van der Waals surface area contributed by atoms with Crippen LogP contribution in [0.25, 0.3) is 0 Å². The number of carboxylic acid groups (broad SMARTS) is 1. The van der Waals surface area contributed by atoms with Crippen LogP contribution in [0.2, 0.25) is 0 Å². The molecule has 2 amide bonds. The average molecular weight is 243 g/mol. The predicted molar refractivity (Wildman–Crippen MR) is 58.8 cm³/mol. The van der Waals surface area contributed by atoms with Gasteiger partial charge in [0.1, 0.15) is 6.04 Å². The highest BCUT2D eigenvalue weighted by atomic mass is 16.4. The highest BCUT2D eigenvalue weighted by Gasteiger charge is 2.41. The summed E-state index contributed by atoms with van der Waals surface area (Å²) < 4.78 is 0. The van der Waals surface area contributed by atoms with E-state index >= 15 is 0 Å². The molecule has 0 heterocycles. The first-order chi connectivity index (χ1) is 7.85. The molecule has 1 atom stereocenters. The molecule has 0 bridgehead atoms. The summed E-state index contributed by atoms with van der Waals surface area (Å²) in [5.74, 6) is -2.26. The van der Waals surface area contributed by atoms with Crippen molar-refractivity contribution in [2.45, 2.75) is 43.7 Å². The molecule has 6 N–H and O–H groups in total. The highest BCUT2D eigenvalue weighted by molar-refractivity contribution is 5.90. The van der Waals surface area contributed by atoms with Crippen molar-refractivity contribution in [3.63, 3.8) is 0 Å². The van der Waals surface area contributed by atoms with Crippen LogP contribution in [0.5, 0.6) is 0 Å². The van der Waals surface area contributed by atoms with Crippen molar-refractivity contribution >= 4 is 17.8 Å². The quantitative estimate of drug-likeness (QED) is 0.460.